The first kappa shape index (κ1) is 14.1. The van der Waals surface area contributed by atoms with Crippen molar-refractivity contribution in [2.75, 3.05) is 6.54 Å². The van der Waals surface area contributed by atoms with Gasteiger partial charge in [0.25, 0.3) is 0 Å². The van der Waals surface area contributed by atoms with Crippen LogP contribution in [0.3, 0.4) is 0 Å². The third-order valence-electron chi connectivity index (χ3n) is 3.03. The van der Waals surface area contributed by atoms with Crippen molar-refractivity contribution in [1.29, 1.82) is 0 Å². The van der Waals surface area contributed by atoms with E-state index in [0.29, 0.717) is 6.42 Å². The maximum atomic E-state index is 13.8. The number of rotatable bonds is 6. The van der Waals surface area contributed by atoms with Crippen LogP contribution < -0.4 is 5.32 Å². The molecule has 2 aromatic rings. The van der Waals surface area contributed by atoms with Crippen LogP contribution >= 0.6 is 11.5 Å². The summed E-state index contributed by atoms with van der Waals surface area (Å²) in [6.45, 7) is 4.96. The van der Waals surface area contributed by atoms with Crippen LogP contribution in [0.25, 0.3) is 0 Å². The lowest BCUT2D eigenvalue weighted by atomic mass is 10.0. The lowest BCUT2D eigenvalue weighted by Gasteiger charge is -2.17. The summed E-state index contributed by atoms with van der Waals surface area (Å²) in [7, 11) is 0. The molecule has 0 aliphatic rings. The molecule has 0 amide bonds. The molecular weight excluding hydrogens is 261 g/mol. The number of benzene rings is 1. The third kappa shape index (κ3) is 3.58. The van der Waals surface area contributed by atoms with Crippen LogP contribution in [-0.2, 0) is 6.42 Å². The molecule has 1 aromatic heterocycles. The van der Waals surface area contributed by atoms with Crippen LogP contribution in [-0.4, -0.2) is 16.1 Å². The van der Waals surface area contributed by atoms with Gasteiger partial charge in [0, 0.05) is 6.04 Å². The number of hydrogen-bond donors (Lipinski definition) is 1. The number of nitrogens with one attached hydrogen (secondary N) is 1. The SMILES string of the molecule is CCCNC(Cc1ccccc1F)c1snnc1C. The third-order valence-corrected chi connectivity index (χ3v) is 3.97. The monoisotopic (exact) mass is 279 g/mol. The number of nitrogens with zero attached hydrogens (tertiary/aromatic N) is 2. The molecule has 2 rings (SSSR count). The molecule has 0 spiro atoms. The number of aromatic nitrogens is 2. The standard InChI is InChI=1S/C14H18FN3S/c1-3-8-16-13(14-10(2)17-18-19-14)9-11-6-4-5-7-12(11)15/h4-7,13,16H,3,8-9H2,1-2H3. The zero-order valence-electron chi connectivity index (χ0n) is 11.2. The van der Waals surface area contributed by atoms with Crippen molar-refractivity contribution in [2.24, 2.45) is 0 Å². The Hall–Kier alpha value is -1.33. The van der Waals surface area contributed by atoms with Crippen molar-refractivity contribution in [3.05, 3.63) is 46.2 Å². The summed E-state index contributed by atoms with van der Waals surface area (Å²) in [5.74, 6) is -0.152. The van der Waals surface area contributed by atoms with Gasteiger partial charge in [-0.3, -0.25) is 0 Å². The Morgan fingerprint density at radius 1 is 1.37 bits per heavy atom. The molecule has 102 valence electrons. The van der Waals surface area contributed by atoms with E-state index in [4.69, 9.17) is 0 Å². The molecule has 0 aliphatic heterocycles. The van der Waals surface area contributed by atoms with Gasteiger partial charge in [0.2, 0.25) is 0 Å². The first-order chi connectivity index (χ1) is 9.22. The van der Waals surface area contributed by atoms with E-state index in [1.165, 1.54) is 17.6 Å². The molecule has 0 bridgehead atoms. The molecule has 1 heterocycles. The van der Waals surface area contributed by atoms with Gasteiger partial charge in [0.05, 0.1) is 10.6 Å². The minimum Gasteiger partial charge on any atom is -0.309 e. The average molecular weight is 279 g/mol. The van der Waals surface area contributed by atoms with Gasteiger partial charge in [0.1, 0.15) is 5.82 Å². The summed E-state index contributed by atoms with van der Waals surface area (Å²) in [4.78, 5) is 1.09. The molecule has 5 heteroatoms. The molecule has 19 heavy (non-hydrogen) atoms. The highest BCUT2D eigenvalue weighted by Crippen LogP contribution is 2.24. The molecule has 1 atom stereocenters. The predicted molar refractivity (Wildman–Crippen MR) is 75.8 cm³/mol. The molecule has 1 aromatic carbocycles. The van der Waals surface area contributed by atoms with Crippen LogP contribution in [0.2, 0.25) is 0 Å². The van der Waals surface area contributed by atoms with Crippen molar-refractivity contribution >= 4 is 11.5 Å². The van der Waals surface area contributed by atoms with E-state index in [9.17, 15) is 4.39 Å². The Morgan fingerprint density at radius 2 is 2.16 bits per heavy atom. The summed E-state index contributed by atoms with van der Waals surface area (Å²) < 4.78 is 17.7. The van der Waals surface area contributed by atoms with E-state index >= 15 is 0 Å². The maximum absolute atomic E-state index is 13.8. The summed E-state index contributed by atoms with van der Waals surface area (Å²) in [6, 6.07) is 7.00. The molecule has 0 radical (unpaired) electrons. The van der Waals surface area contributed by atoms with E-state index in [-0.39, 0.29) is 11.9 Å². The first-order valence-electron chi connectivity index (χ1n) is 6.48. The lowest BCUT2D eigenvalue weighted by Crippen LogP contribution is -2.24. The highest BCUT2D eigenvalue weighted by molar-refractivity contribution is 7.05. The zero-order chi connectivity index (χ0) is 13.7. The average Bonchev–Trinajstić information content (AvgIpc) is 2.83. The van der Waals surface area contributed by atoms with Crippen molar-refractivity contribution < 1.29 is 4.39 Å². The second-order valence-electron chi connectivity index (χ2n) is 4.52. The molecule has 0 saturated heterocycles. The van der Waals surface area contributed by atoms with E-state index in [0.717, 1.165) is 29.1 Å². The highest BCUT2D eigenvalue weighted by Gasteiger charge is 2.18. The molecule has 3 nitrogen and oxygen atoms in total. The maximum Gasteiger partial charge on any atom is 0.126 e. The Morgan fingerprint density at radius 3 is 2.79 bits per heavy atom. The van der Waals surface area contributed by atoms with Gasteiger partial charge in [-0.25, -0.2) is 4.39 Å². The van der Waals surface area contributed by atoms with E-state index in [1.54, 1.807) is 6.07 Å². The fourth-order valence-electron chi connectivity index (χ4n) is 2.02. The van der Waals surface area contributed by atoms with Gasteiger partial charge in [-0.2, -0.15) is 0 Å². The molecule has 0 saturated carbocycles. The number of aryl methyl sites for hydroxylation is 1. The van der Waals surface area contributed by atoms with Crippen molar-refractivity contribution in [2.45, 2.75) is 32.7 Å². The normalized spacial score (nSPS) is 12.6. The van der Waals surface area contributed by atoms with Gasteiger partial charge >= 0.3 is 0 Å². The van der Waals surface area contributed by atoms with Gasteiger partial charge in [-0.05, 0) is 49.5 Å². The highest BCUT2D eigenvalue weighted by atomic mass is 32.1. The minimum absolute atomic E-state index is 0.0804. The van der Waals surface area contributed by atoms with E-state index in [2.05, 4.69) is 21.8 Å². The van der Waals surface area contributed by atoms with Gasteiger partial charge in [0.15, 0.2) is 0 Å². The van der Waals surface area contributed by atoms with Gasteiger partial charge in [-0.1, -0.05) is 29.6 Å². The van der Waals surface area contributed by atoms with Crippen LogP contribution in [0.5, 0.6) is 0 Å². The van der Waals surface area contributed by atoms with Crippen LogP contribution in [0.4, 0.5) is 4.39 Å². The van der Waals surface area contributed by atoms with Gasteiger partial charge < -0.3 is 5.32 Å². The lowest BCUT2D eigenvalue weighted by molar-refractivity contribution is 0.516. The van der Waals surface area contributed by atoms with Crippen molar-refractivity contribution in [1.82, 2.24) is 14.9 Å². The smallest absolute Gasteiger partial charge is 0.126 e. The largest absolute Gasteiger partial charge is 0.309 e. The molecule has 1 unspecified atom stereocenters. The van der Waals surface area contributed by atoms with Gasteiger partial charge in [-0.15, -0.1) is 5.10 Å². The quantitative estimate of drug-likeness (QED) is 0.882. The fraction of sp³-hybridized carbons (Fsp3) is 0.429. The summed E-state index contributed by atoms with van der Waals surface area (Å²) in [6.07, 6.45) is 1.66. The van der Waals surface area contributed by atoms with Crippen LogP contribution in [0, 0.1) is 12.7 Å². The number of halogens is 1. The second kappa shape index (κ2) is 6.73. The summed E-state index contributed by atoms with van der Waals surface area (Å²) >= 11 is 1.39. The van der Waals surface area contributed by atoms with Crippen molar-refractivity contribution in [3.63, 3.8) is 0 Å². The Bertz CT molecular complexity index is 527. The topological polar surface area (TPSA) is 37.8 Å². The van der Waals surface area contributed by atoms with E-state index < -0.39 is 0 Å². The summed E-state index contributed by atoms with van der Waals surface area (Å²) in [5, 5.41) is 7.50. The second-order valence-corrected chi connectivity index (χ2v) is 5.31. The Kier molecular flexibility index (Phi) is 4.99. The minimum atomic E-state index is -0.152. The van der Waals surface area contributed by atoms with Crippen molar-refractivity contribution in [3.8, 4) is 0 Å². The molecule has 1 N–H and O–H groups in total. The van der Waals surface area contributed by atoms with E-state index in [1.807, 2.05) is 19.1 Å². The van der Waals surface area contributed by atoms with Crippen LogP contribution in [0.1, 0.15) is 35.5 Å². The molecule has 0 fully saturated rings. The molecule has 0 aliphatic carbocycles. The number of hydrogen-bond acceptors (Lipinski definition) is 4. The first-order valence-corrected chi connectivity index (χ1v) is 7.25. The zero-order valence-corrected chi connectivity index (χ0v) is 12.0. The fourth-order valence-corrected chi connectivity index (χ4v) is 2.73. The molecular formula is C14H18FN3S. The van der Waals surface area contributed by atoms with Crippen LogP contribution in [0.15, 0.2) is 24.3 Å². The predicted octanol–water partition coefficient (Wildman–Crippen LogP) is 3.27. The Labute approximate surface area is 117 Å². The Balaban J connectivity index is 2.19. The summed E-state index contributed by atoms with van der Waals surface area (Å²) in [5.41, 5.74) is 1.65.